The molecule has 0 aliphatic rings. The van der Waals surface area contributed by atoms with Crippen molar-refractivity contribution in [3.05, 3.63) is 11.9 Å². The van der Waals surface area contributed by atoms with Gasteiger partial charge in [0, 0.05) is 32.5 Å². The topological polar surface area (TPSA) is 39.1 Å². The van der Waals surface area contributed by atoms with Gasteiger partial charge in [-0.25, -0.2) is 4.98 Å². The number of anilines is 1. The highest BCUT2D eigenvalue weighted by molar-refractivity contribution is 5.28. The Morgan fingerprint density at radius 1 is 1.10 bits per heavy atom. The molecule has 0 radical (unpaired) electrons. The molecule has 0 amide bonds. The van der Waals surface area contributed by atoms with Gasteiger partial charge in [-0.2, -0.15) is 0 Å². The number of nitrogens with one attached hydrogen (secondary N) is 1. The van der Waals surface area contributed by atoms with Gasteiger partial charge in [-0.05, 0) is 26.7 Å². The van der Waals surface area contributed by atoms with Gasteiger partial charge in [0.2, 0.25) is 5.95 Å². The third-order valence-corrected chi connectivity index (χ3v) is 3.60. The van der Waals surface area contributed by atoms with E-state index in [0.29, 0.717) is 0 Å². The van der Waals surface area contributed by atoms with E-state index in [0.717, 1.165) is 44.4 Å². The number of rotatable bonds is 13. The van der Waals surface area contributed by atoms with Crippen molar-refractivity contribution in [1.82, 2.24) is 9.55 Å². The molecular weight excluding hydrogens is 262 g/mol. The van der Waals surface area contributed by atoms with Crippen molar-refractivity contribution in [3.8, 4) is 0 Å². The highest BCUT2D eigenvalue weighted by Crippen LogP contribution is 2.12. The normalized spacial score (nSPS) is 11.0. The van der Waals surface area contributed by atoms with Crippen molar-refractivity contribution in [2.75, 3.05) is 25.1 Å². The number of unbranched alkanes of at least 4 members (excludes halogenated alkanes) is 5. The van der Waals surface area contributed by atoms with Gasteiger partial charge < -0.3 is 14.6 Å². The summed E-state index contributed by atoms with van der Waals surface area (Å²) in [6, 6.07) is 0. The number of hydrogen-bond donors (Lipinski definition) is 1. The van der Waals surface area contributed by atoms with E-state index in [1.807, 2.05) is 6.92 Å². The first-order valence-electron chi connectivity index (χ1n) is 8.63. The van der Waals surface area contributed by atoms with E-state index in [4.69, 9.17) is 4.74 Å². The Labute approximate surface area is 130 Å². The Kier molecular flexibility index (Phi) is 9.96. The third-order valence-electron chi connectivity index (χ3n) is 3.60. The first kappa shape index (κ1) is 18.0. The van der Waals surface area contributed by atoms with Gasteiger partial charge >= 0.3 is 0 Å². The van der Waals surface area contributed by atoms with Crippen LogP contribution in [0.3, 0.4) is 0 Å². The van der Waals surface area contributed by atoms with Crippen LogP contribution in [0, 0.1) is 6.92 Å². The summed E-state index contributed by atoms with van der Waals surface area (Å²) < 4.78 is 7.61. The molecule has 122 valence electrons. The first-order chi connectivity index (χ1) is 10.3. The minimum Gasteiger partial charge on any atom is -0.382 e. The Morgan fingerprint density at radius 3 is 2.62 bits per heavy atom. The zero-order chi connectivity index (χ0) is 15.3. The molecule has 0 aliphatic carbocycles. The molecule has 4 nitrogen and oxygen atoms in total. The molecule has 1 N–H and O–H groups in total. The minimum absolute atomic E-state index is 0.797. The summed E-state index contributed by atoms with van der Waals surface area (Å²) in [6.07, 6.45) is 11.2. The van der Waals surface area contributed by atoms with Gasteiger partial charge in [-0.1, -0.05) is 39.0 Å². The number of nitrogens with zero attached hydrogens (tertiary/aromatic N) is 2. The smallest absolute Gasteiger partial charge is 0.203 e. The fourth-order valence-electron chi connectivity index (χ4n) is 2.44. The summed E-state index contributed by atoms with van der Waals surface area (Å²) in [5.41, 5.74) is 1.09. The maximum absolute atomic E-state index is 5.35. The van der Waals surface area contributed by atoms with Crippen LogP contribution in [0.1, 0.15) is 64.5 Å². The van der Waals surface area contributed by atoms with E-state index >= 15 is 0 Å². The second-order valence-electron chi connectivity index (χ2n) is 5.64. The van der Waals surface area contributed by atoms with E-state index in [9.17, 15) is 0 Å². The molecule has 0 saturated carbocycles. The lowest BCUT2D eigenvalue weighted by Gasteiger charge is -2.09. The largest absolute Gasteiger partial charge is 0.382 e. The number of hydrogen-bond acceptors (Lipinski definition) is 3. The Bertz CT molecular complexity index is 363. The average Bonchev–Trinajstić information content (AvgIpc) is 2.82. The molecule has 0 bridgehead atoms. The molecule has 1 heterocycles. The van der Waals surface area contributed by atoms with Crippen LogP contribution in [0.5, 0.6) is 0 Å². The molecule has 0 aliphatic heterocycles. The van der Waals surface area contributed by atoms with E-state index in [1.165, 1.54) is 38.5 Å². The molecule has 1 aromatic rings. The fourth-order valence-corrected chi connectivity index (χ4v) is 2.44. The van der Waals surface area contributed by atoms with Crippen LogP contribution in [0.15, 0.2) is 6.20 Å². The van der Waals surface area contributed by atoms with Crippen LogP contribution in [0.2, 0.25) is 0 Å². The minimum atomic E-state index is 0.797. The fraction of sp³-hybridized carbons (Fsp3) is 0.824. The molecule has 0 aromatic carbocycles. The summed E-state index contributed by atoms with van der Waals surface area (Å²) in [7, 11) is 0. The van der Waals surface area contributed by atoms with Crippen molar-refractivity contribution in [2.24, 2.45) is 0 Å². The van der Waals surface area contributed by atoms with Gasteiger partial charge in [-0.15, -0.1) is 0 Å². The van der Waals surface area contributed by atoms with E-state index in [1.54, 1.807) is 0 Å². The van der Waals surface area contributed by atoms with Gasteiger partial charge in [-0.3, -0.25) is 0 Å². The predicted octanol–water partition coefficient (Wildman–Crippen LogP) is 4.39. The summed E-state index contributed by atoms with van der Waals surface area (Å²) in [4.78, 5) is 4.57. The van der Waals surface area contributed by atoms with Crippen LogP contribution in [0.25, 0.3) is 0 Å². The van der Waals surface area contributed by atoms with Gasteiger partial charge in [0.05, 0.1) is 5.69 Å². The van der Waals surface area contributed by atoms with Crippen LogP contribution in [-0.4, -0.2) is 29.3 Å². The van der Waals surface area contributed by atoms with Crippen molar-refractivity contribution >= 4 is 5.95 Å². The average molecular weight is 295 g/mol. The van der Waals surface area contributed by atoms with Crippen LogP contribution < -0.4 is 5.32 Å². The lowest BCUT2D eigenvalue weighted by Crippen LogP contribution is -2.10. The number of aryl methyl sites for hydroxylation is 2. The number of aromatic nitrogens is 2. The molecule has 4 heteroatoms. The quantitative estimate of drug-likeness (QED) is 0.549. The second kappa shape index (κ2) is 11.6. The Hall–Kier alpha value is -1.03. The first-order valence-corrected chi connectivity index (χ1v) is 8.63. The van der Waals surface area contributed by atoms with E-state index < -0.39 is 0 Å². The van der Waals surface area contributed by atoms with Crippen LogP contribution in [-0.2, 0) is 11.3 Å². The third kappa shape index (κ3) is 8.10. The second-order valence-corrected chi connectivity index (χ2v) is 5.64. The van der Waals surface area contributed by atoms with Crippen LogP contribution >= 0.6 is 0 Å². The van der Waals surface area contributed by atoms with Gasteiger partial charge in [0.25, 0.3) is 0 Å². The molecular formula is C17H33N3O. The van der Waals surface area contributed by atoms with E-state index in [-0.39, 0.29) is 0 Å². The van der Waals surface area contributed by atoms with Gasteiger partial charge in [0.1, 0.15) is 0 Å². The maximum atomic E-state index is 5.35. The molecule has 0 saturated heterocycles. The van der Waals surface area contributed by atoms with Crippen LogP contribution in [0.4, 0.5) is 5.95 Å². The number of ether oxygens (including phenoxy) is 1. The molecule has 0 unspecified atom stereocenters. The standard InChI is InChI=1S/C17H33N3O/c1-4-6-7-8-9-10-13-20-15-16(3)19-17(20)18-12-11-14-21-5-2/h15H,4-14H2,1-3H3,(H,18,19). The van der Waals surface area contributed by atoms with Gasteiger partial charge in [0.15, 0.2) is 0 Å². The van der Waals surface area contributed by atoms with Crippen molar-refractivity contribution < 1.29 is 4.74 Å². The molecule has 1 rings (SSSR count). The molecule has 0 spiro atoms. The van der Waals surface area contributed by atoms with E-state index in [2.05, 4.69) is 34.9 Å². The predicted molar refractivity (Wildman–Crippen MR) is 89.9 cm³/mol. The lowest BCUT2D eigenvalue weighted by molar-refractivity contribution is 0.147. The van der Waals surface area contributed by atoms with Crippen molar-refractivity contribution in [2.45, 2.75) is 72.3 Å². The molecule has 0 fully saturated rings. The summed E-state index contributed by atoms with van der Waals surface area (Å²) in [5, 5.41) is 3.43. The molecule has 21 heavy (non-hydrogen) atoms. The molecule has 0 atom stereocenters. The lowest BCUT2D eigenvalue weighted by atomic mass is 10.1. The van der Waals surface area contributed by atoms with Crippen molar-refractivity contribution in [1.29, 1.82) is 0 Å². The summed E-state index contributed by atoms with van der Waals surface area (Å²) >= 11 is 0. The number of imidazole rings is 1. The SMILES string of the molecule is CCCCCCCCn1cc(C)nc1NCCCOCC. The zero-order valence-electron chi connectivity index (χ0n) is 14.2. The van der Waals surface area contributed by atoms with Crippen molar-refractivity contribution in [3.63, 3.8) is 0 Å². The maximum Gasteiger partial charge on any atom is 0.203 e. The molecule has 1 aromatic heterocycles. The zero-order valence-corrected chi connectivity index (χ0v) is 14.2. The summed E-state index contributed by atoms with van der Waals surface area (Å²) in [6.45, 7) is 9.96. The Balaban J connectivity index is 2.23. The Morgan fingerprint density at radius 2 is 1.86 bits per heavy atom. The summed E-state index contributed by atoms with van der Waals surface area (Å²) in [5.74, 6) is 1.01. The highest BCUT2D eigenvalue weighted by Gasteiger charge is 2.04. The monoisotopic (exact) mass is 295 g/mol. The highest BCUT2D eigenvalue weighted by atomic mass is 16.5.